The first-order valence-electron chi connectivity index (χ1n) is 5.03. The lowest BCUT2D eigenvalue weighted by atomic mass is 10.0. The minimum absolute atomic E-state index is 0.0359. The summed E-state index contributed by atoms with van der Waals surface area (Å²) in [6, 6.07) is 0. The molecule has 0 aromatic carbocycles. The molecule has 0 aromatic rings. The van der Waals surface area contributed by atoms with Gasteiger partial charge in [-0.2, -0.15) is 11.8 Å². The maximum Gasteiger partial charge on any atom is 0.312 e. The van der Waals surface area contributed by atoms with Crippen LogP contribution in [-0.4, -0.2) is 34.5 Å². The van der Waals surface area contributed by atoms with Crippen LogP contribution in [0.4, 0.5) is 0 Å². The third kappa shape index (κ3) is 5.06. The van der Waals surface area contributed by atoms with Crippen molar-refractivity contribution in [3.8, 4) is 0 Å². The van der Waals surface area contributed by atoms with Gasteiger partial charge in [0.1, 0.15) is 6.42 Å². The fraction of sp³-hybridized carbons (Fsp3) is 0.800. The molecule has 0 heterocycles. The molecule has 0 aromatic heterocycles. The molecule has 4 nitrogen and oxygen atoms in total. The van der Waals surface area contributed by atoms with E-state index in [2.05, 4.69) is 19.2 Å². The van der Waals surface area contributed by atoms with Crippen molar-refractivity contribution in [3.63, 3.8) is 0 Å². The number of carboxylic acids is 1. The minimum atomic E-state index is -1.09. The van der Waals surface area contributed by atoms with Crippen LogP contribution in [0.2, 0.25) is 0 Å². The molecule has 0 aliphatic heterocycles. The molecule has 0 aliphatic carbocycles. The van der Waals surface area contributed by atoms with Crippen LogP contribution in [0.1, 0.15) is 33.1 Å². The molecule has 0 rings (SSSR count). The van der Waals surface area contributed by atoms with E-state index in [9.17, 15) is 9.59 Å². The molecular formula is C10H19NO3S. The summed E-state index contributed by atoms with van der Waals surface area (Å²) in [4.78, 5) is 21.4. The molecule has 0 spiro atoms. The van der Waals surface area contributed by atoms with Crippen LogP contribution in [0.25, 0.3) is 0 Å². The number of thioether (sulfide) groups is 1. The SMILES string of the molecule is CCC(CC)(CNC(=O)CC(=O)O)SC. The Balaban J connectivity index is 4.10. The zero-order valence-electron chi connectivity index (χ0n) is 9.50. The molecule has 1 amide bonds. The van der Waals surface area contributed by atoms with Gasteiger partial charge in [0.05, 0.1) is 0 Å². The van der Waals surface area contributed by atoms with Crippen molar-refractivity contribution in [2.45, 2.75) is 37.9 Å². The largest absolute Gasteiger partial charge is 0.481 e. The van der Waals surface area contributed by atoms with Crippen molar-refractivity contribution in [2.75, 3.05) is 12.8 Å². The van der Waals surface area contributed by atoms with E-state index in [1.165, 1.54) is 0 Å². The Labute approximate surface area is 94.8 Å². The molecule has 0 atom stereocenters. The Hall–Kier alpha value is -0.710. The van der Waals surface area contributed by atoms with Crippen molar-refractivity contribution >= 4 is 23.6 Å². The highest BCUT2D eigenvalue weighted by molar-refractivity contribution is 8.00. The molecule has 0 aliphatic rings. The smallest absolute Gasteiger partial charge is 0.312 e. The first-order chi connectivity index (χ1) is 6.99. The van der Waals surface area contributed by atoms with Gasteiger partial charge >= 0.3 is 5.97 Å². The standard InChI is InChI=1S/C10H19NO3S/c1-4-10(5-2,15-3)7-11-8(12)6-9(13)14/h4-7H2,1-3H3,(H,11,12)(H,13,14). The fourth-order valence-corrected chi connectivity index (χ4v) is 2.11. The zero-order valence-corrected chi connectivity index (χ0v) is 10.3. The van der Waals surface area contributed by atoms with Gasteiger partial charge in [-0.05, 0) is 19.1 Å². The average molecular weight is 233 g/mol. The summed E-state index contributed by atoms with van der Waals surface area (Å²) in [6.45, 7) is 4.68. The summed E-state index contributed by atoms with van der Waals surface area (Å²) in [5.41, 5.74) is 0. The predicted octanol–water partition coefficient (Wildman–Crippen LogP) is 1.50. The molecule has 88 valence electrons. The normalized spacial score (nSPS) is 11.1. The van der Waals surface area contributed by atoms with Gasteiger partial charge < -0.3 is 10.4 Å². The Kier molecular flexibility index (Phi) is 6.40. The molecule has 0 saturated heterocycles. The Bertz CT molecular complexity index is 218. The fourth-order valence-electron chi connectivity index (χ4n) is 1.32. The van der Waals surface area contributed by atoms with Gasteiger partial charge in [-0.1, -0.05) is 13.8 Å². The zero-order chi connectivity index (χ0) is 11.9. The van der Waals surface area contributed by atoms with Crippen LogP contribution >= 0.6 is 11.8 Å². The van der Waals surface area contributed by atoms with Gasteiger partial charge in [-0.15, -0.1) is 0 Å². The van der Waals surface area contributed by atoms with Crippen LogP contribution in [0.5, 0.6) is 0 Å². The molecule has 5 heteroatoms. The number of aliphatic carboxylic acids is 1. The van der Waals surface area contributed by atoms with Gasteiger partial charge in [0.25, 0.3) is 0 Å². The number of hydrogen-bond donors (Lipinski definition) is 2. The van der Waals surface area contributed by atoms with Gasteiger partial charge in [0.15, 0.2) is 0 Å². The number of carbonyl (C=O) groups excluding carboxylic acids is 1. The highest BCUT2D eigenvalue weighted by Gasteiger charge is 2.25. The quantitative estimate of drug-likeness (QED) is 0.654. The summed E-state index contributed by atoms with van der Waals surface area (Å²) in [6.07, 6.45) is 3.48. The van der Waals surface area contributed by atoms with E-state index in [1.807, 2.05) is 6.26 Å². The third-order valence-electron chi connectivity index (χ3n) is 2.64. The van der Waals surface area contributed by atoms with Gasteiger partial charge in [0.2, 0.25) is 5.91 Å². The molecule has 0 fully saturated rings. The maximum atomic E-state index is 11.1. The second-order valence-corrected chi connectivity index (χ2v) is 4.72. The molecule has 15 heavy (non-hydrogen) atoms. The lowest BCUT2D eigenvalue weighted by Crippen LogP contribution is -2.40. The molecule has 0 radical (unpaired) electrons. The molecule has 0 saturated carbocycles. The number of rotatable bonds is 7. The van der Waals surface area contributed by atoms with Crippen molar-refractivity contribution in [2.24, 2.45) is 0 Å². The number of nitrogens with one attached hydrogen (secondary N) is 1. The number of carbonyl (C=O) groups is 2. The lowest BCUT2D eigenvalue weighted by molar-refractivity contribution is -0.140. The second-order valence-electron chi connectivity index (χ2n) is 3.44. The van der Waals surface area contributed by atoms with E-state index in [-0.39, 0.29) is 4.75 Å². The molecule has 0 bridgehead atoms. The Morgan fingerprint density at radius 1 is 1.33 bits per heavy atom. The summed E-state index contributed by atoms with van der Waals surface area (Å²) >= 11 is 1.72. The monoisotopic (exact) mass is 233 g/mol. The second kappa shape index (κ2) is 6.71. The maximum absolute atomic E-state index is 11.1. The lowest BCUT2D eigenvalue weighted by Gasteiger charge is -2.29. The first kappa shape index (κ1) is 14.3. The van der Waals surface area contributed by atoms with Gasteiger partial charge in [0, 0.05) is 11.3 Å². The van der Waals surface area contributed by atoms with E-state index in [0.29, 0.717) is 6.54 Å². The summed E-state index contributed by atoms with van der Waals surface area (Å²) in [7, 11) is 0. The first-order valence-corrected chi connectivity index (χ1v) is 6.25. The van der Waals surface area contributed by atoms with Crippen molar-refractivity contribution < 1.29 is 14.7 Å². The van der Waals surface area contributed by atoms with E-state index in [1.54, 1.807) is 11.8 Å². The number of hydrogen-bond acceptors (Lipinski definition) is 3. The van der Waals surface area contributed by atoms with Crippen LogP contribution in [-0.2, 0) is 9.59 Å². The molecular weight excluding hydrogens is 214 g/mol. The van der Waals surface area contributed by atoms with E-state index >= 15 is 0 Å². The minimum Gasteiger partial charge on any atom is -0.481 e. The van der Waals surface area contributed by atoms with Gasteiger partial charge in [-0.3, -0.25) is 9.59 Å². The van der Waals surface area contributed by atoms with Crippen LogP contribution in [0.15, 0.2) is 0 Å². The van der Waals surface area contributed by atoms with Crippen LogP contribution in [0, 0.1) is 0 Å². The van der Waals surface area contributed by atoms with Crippen LogP contribution in [0.3, 0.4) is 0 Å². The Morgan fingerprint density at radius 2 is 1.87 bits per heavy atom. The summed E-state index contributed by atoms with van der Waals surface area (Å²) < 4.78 is 0.0359. The summed E-state index contributed by atoms with van der Waals surface area (Å²) in [5.74, 6) is -1.50. The van der Waals surface area contributed by atoms with E-state index in [4.69, 9.17) is 5.11 Å². The molecule has 0 unspecified atom stereocenters. The highest BCUT2D eigenvalue weighted by atomic mass is 32.2. The number of amides is 1. The van der Waals surface area contributed by atoms with Crippen molar-refractivity contribution in [3.05, 3.63) is 0 Å². The van der Waals surface area contributed by atoms with E-state index < -0.39 is 18.3 Å². The Morgan fingerprint density at radius 3 is 2.20 bits per heavy atom. The molecule has 2 N–H and O–H groups in total. The highest BCUT2D eigenvalue weighted by Crippen LogP contribution is 2.29. The number of carboxylic acid groups (broad SMARTS) is 1. The van der Waals surface area contributed by atoms with Gasteiger partial charge in [-0.25, -0.2) is 0 Å². The van der Waals surface area contributed by atoms with Crippen molar-refractivity contribution in [1.82, 2.24) is 5.32 Å². The van der Waals surface area contributed by atoms with Crippen molar-refractivity contribution in [1.29, 1.82) is 0 Å². The van der Waals surface area contributed by atoms with Crippen LogP contribution < -0.4 is 5.32 Å². The summed E-state index contributed by atoms with van der Waals surface area (Å²) in [5, 5.41) is 11.1. The third-order valence-corrected chi connectivity index (χ3v) is 4.23. The predicted molar refractivity (Wildman–Crippen MR) is 62.1 cm³/mol. The van der Waals surface area contributed by atoms with E-state index in [0.717, 1.165) is 12.8 Å². The average Bonchev–Trinajstić information content (AvgIpc) is 2.20. The topological polar surface area (TPSA) is 66.4 Å².